The van der Waals surface area contributed by atoms with Crippen molar-refractivity contribution in [2.45, 2.75) is 39.7 Å². The zero-order valence-electron chi connectivity index (χ0n) is 21.2. The van der Waals surface area contributed by atoms with Gasteiger partial charge in [-0.15, -0.1) is 0 Å². The van der Waals surface area contributed by atoms with E-state index in [2.05, 4.69) is 21.9 Å². The lowest BCUT2D eigenvalue weighted by atomic mass is 9.98. The number of fused-ring (bicyclic) bond motifs is 1. The summed E-state index contributed by atoms with van der Waals surface area (Å²) in [5.74, 6) is 0.621. The molecule has 4 rings (SSSR count). The third-order valence-electron chi connectivity index (χ3n) is 6.65. The minimum Gasteiger partial charge on any atom is -0.507 e. The van der Waals surface area contributed by atoms with Crippen molar-refractivity contribution in [1.82, 2.24) is 4.90 Å². The van der Waals surface area contributed by atoms with Gasteiger partial charge < -0.3 is 23.9 Å². The summed E-state index contributed by atoms with van der Waals surface area (Å²) in [5.41, 5.74) is 3.13. The second kappa shape index (κ2) is 11.5. The molecule has 0 amide bonds. The number of hydrogen-bond donors (Lipinski definition) is 1. The molecule has 36 heavy (non-hydrogen) atoms. The maximum Gasteiger partial charge on any atom is 0.336 e. The second-order valence-electron chi connectivity index (χ2n) is 9.17. The normalized spacial score (nSPS) is 14.2. The fourth-order valence-electron chi connectivity index (χ4n) is 4.61. The van der Waals surface area contributed by atoms with Gasteiger partial charge in [-0.2, -0.15) is 0 Å². The number of aryl methyl sites for hydroxylation is 2. The first-order valence-corrected chi connectivity index (χ1v) is 12.4. The molecule has 192 valence electrons. The smallest absolute Gasteiger partial charge is 0.336 e. The number of anilines is 1. The molecule has 3 aromatic rings. The zero-order chi connectivity index (χ0) is 25.7. The van der Waals surface area contributed by atoms with E-state index in [0.717, 1.165) is 55.0 Å². The Morgan fingerprint density at radius 2 is 1.83 bits per heavy atom. The van der Waals surface area contributed by atoms with Crippen molar-refractivity contribution in [2.24, 2.45) is 0 Å². The Labute approximate surface area is 211 Å². The SMILES string of the molecule is CCCOC(=O)CCc1cc2c(C)cc(=O)oc2c(CN2CCN(c3ccc(OC)cc3)CC2)c1O. The highest BCUT2D eigenvalue weighted by molar-refractivity contribution is 5.86. The lowest BCUT2D eigenvalue weighted by molar-refractivity contribution is -0.143. The molecule has 0 saturated carbocycles. The lowest BCUT2D eigenvalue weighted by Gasteiger charge is -2.36. The Bertz CT molecular complexity index is 1260. The third kappa shape index (κ3) is 5.82. The van der Waals surface area contributed by atoms with Gasteiger partial charge in [0.15, 0.2) is 0 Å². The number of phenolic OH excluding ortho intramolecular Hbond substituents is 1. The summed E-state index contributed by atoms with van der Waals surface area (Å²) in [6.45, 7) is 7.87. The van der Waals surface area contributed by atoms with E-state index >= 15 is 0 Å². The number of carbonyl (C=O) groups is 1. The van der Waals surface area contributed by atoms with Crippen molar-refractivity contribution in [1.29, 1.82) is 0 Å². The van der Waals surface area contributed by atoms with Crippen LogP contribution in [0.4, 0.5) is 5.69 Å². The Morgan fingerprint density at radius 3 is 2.50 bits per heavy atom. The highest BCUT2D eigenvalue weighted by Gasteiger charge is 2.23. The summed E-state index contributed by atoms with van der Waals surface area (Å²) in [7, 11) is 1.66. The highest BCUT2D eigenvalue weighted by Crippen LogP contribution is 2.34. The Balaban J connectivity index is 1.54. The fraction of sp³-hybridized carbons (Fsp3) is 0.429. The number of nitrogens with zero attached hydrogens (tertiary/aromatic N) is 2. The van der Waals surface area contributed by atoms with E-state index < -0.39 is 5.63 Å². The van der Waals surface area contributed by atoms with Gasteiger partial charge in [-0.25, -0.2) is 4.79 Å². The quantitative estimate of drug-likeness (QED) is 0.352. The number of carbonyl (C=O) groups excluding carboxylic acids is 1. The minimum atomic E-state index is -0.444. The number of aromatic hydroxyl groups is 1. The van der Waals surface area contributed by atoms with Crippen LogP contribution in [0.1, 0.15) is 36.5 Å². The van der Waals surface area contributed by atoms with Crippen LogP contribution < -0.4 is 15.3 Å². The predicted molar refractivity (Wildman–Crippen MR) is 139 cm³/mol. The van der Waals surface area contributed by atoms with Gasteiger partial charge >= 0.3 is 11.6 Å². The number of esters is 1. The first-order chi connectivity index (χ1) is 17.4. The number of benzene rings is 2. The maximum atomic E-state index is 12.2. The highest BCUT2D eigenvalue weighted by atomic mass is 16.5. The summed E-state index contributed by atoms with van der Waals surface area (Å²) >= 11 is 0. The zero-order valence-corrected chi connectivity index (χ0v) is 21.2. The van der Waals surface area contributed by atoms with E-state index in [1.807, 2.05) is 32.0 Å². The van der Waals surface area contributed by atoms with Crippen molar-refractivity contribution in [3.63, 3.8) is 0 Å². The molecular weight excluding hydrogens is 460 g/mol. The van der Waals surface area contributed by atoms with Crippen LogP contribution >= 0.6 is 0 Å². The number of phenols is 1. The third-order valence-corrected chi connectivity index (χ3v) is 6.65. The second-order valence-corrected chi connectivity index (χ2v) is 9.17. The number of rotatable bonds is 9. The molecule has 8 heteroatoms. The summed E-state index contributed by atoms with van der Waals surface area (Å²) < 4.78 is 16.0. The van der Waals surface area contributed by atoms with Crippen LogP contribution in [0, 0.1) is 6.92 Å². The van der Waals surface area contributed by atoms with E-state index in [1.165, 1.54) is 6.07 Å². The Morgan fingerprint density at radius 1 is 1.11 bits per heavy atom. The molecule has 1 fully saturated rings. The summed E-state index contributed by atoms with van der Waals surface area (Å²) in [5, 5.41) is 12.0. The number of piperazine rings is 1. The van der Waals surface area contributed by atoms with Crippen LogP contribution in [0.3, 0.4) is 0 Å². The van der Waals surface area contributed by atoms with Gasteiger partial charge in [0.1, 0.15) is 17.1 Å². The van der Waals surface area contributed by atoms with E-state index in [4.69, 9.17) is 13.9 Å². The molecule has 1 aliphatic heterocycles. The van der Waals surface area contributed by atoms with Crippen molar-refractivity contribution in [3.05, 3.63) is 63.5 Å². The molecule has 0 spiro atoms. The van der Waals surface area contributed by atoms with Crippen molar-refractivity contribution >= 4 is 22.6 Å². The van der Waals surface area contributed by atoms with E-state index in [9.17, 15) is 14.7 Å². The van der Waals surface area contributed by atoms with Gasteiger partial charge in [-0.3, -0.25) is 9.69 Å². The molecule has 8 nitrogen and oxygen atoms in total. The van der Waals surface area contributed by atoms with Crippen LogP contribution in [0.15, 0.2) is 45.6 Å². The molecule has 1 saturated heterocycles. The molecule has 0 aliphatic carbocycles. The molecular formula is C28H34N2O6. The lowest BCUT2D eigenvalue weighted by Crippen LogP contribution is -2.46. The van der Waals surface area contributed by atoms with Crippen LogP contribution in [0.2, 0.25) is 0 Å². The average Bonchev–Trinajstić information content (AvgIpc) is 2.89. The molecule has 1 aromatic heterocycles. The fourth-order valence-corrected chi connectivity index (χ4v) is 4.61. The van der Waals surface area contributed by atoms with Gasteiger partial charge in [0.05, 0.1) is 19.3 Å². The molecule has 2 heterocycles. The molecule has 2 aromatic carbocycles. The van der Waals surface area contributed by atoms with E-state index in [0.29, 0.717) is 36.3 Å². The molecule has 0 bridgehead atoms. The Kier molecular flexibility index (Phi) is 8.15. The number of hydrogen-bond acceptors (Lipinski definition) is 8. The van der Waals surface area contributed by atoms with Crippen LogP contribution in [-0.4, -0.2) is 55.9 Å². The maximum absolute atomic E-state index is 12.2. The van der Waals surface area contributed by atoms with Crippen molar-refractivity contribution in [2.75, 3.05) is 44.8 Å². The first kappa shape index (κ1) is 25.6. The molecule has 1 aliphatic rings. The van der Waals surface area contributed by atoms with Crippen molar-refractivity contribution < 1.29 is 23.8 Å². The van der Waals surface area contributed by atoms with E-state index in [1.54, 1.807) is 7.11 Å². The molecule has 0 unspecified atom stereocenters. The average molecular weight is 495 g/mol. The summed E-state index contributed by atoms with van der Waals surface area (Å²) in [6, 6.07) is 11.3. The first-order valence-electron chi connectivity index (χ1n) is 12.4. The summed E-state index contributed by atoms with van der Waals surface area (Å²) in [6.07, 6.45) is 1.29. The van der Waals surface area contributed by atoms with Gasteiger partial charge in [0.25, 0.3) is 0 Å². The number of ether oxygens (including phenoxy) is 2. The molecule has 1 N–H and O–H groups in total. The Hall–Kier alpha value is -3.52. The minimum absolute atomic E-state index is 0.0807. The molecule has 0 atom stereocenters. The monoisotopic (exact) mass is 494 g/mol. The predicted octanol–water partition coefficient (Wildman–Crippen LogP) is 4.02. The van der Waals surface area contributed by atoms with E-state index in [-0.39, 0.29) is 18.1 Å². The van der Waals surface area contributed by atoms with Crippen LogP contribution in [-0.2, 0) is 22.5 Å². The van der Waals surface area contributed by atoms with Crippen LogP contribution in [0.25, 0.3) is 11.0 Å². The summed E-state index contributed by atoms with van der Waals surface area (Å²) in [4.78, 5) is 28.8. The van der Waals surface area contributed by atoms with Gasteiger partial charge in [-0.05, 0) is 61.2 Å². The van der Waals surface area contributed by atoms with Gasteiger partial charge in [0, 0.05) is 56.3 Å². The van der Waals surface area contributed by atoms with Crippen LogP contribution in [0.5, 0.6) is 11.5 Å². The molecule has 0 radical (unpaired) electrons. The van der Waals surface area contributed by atoms with Gasteiger partial charge in [-0.1, -0.05) is 6.92 Å². The standard InChI is InChI=1S/C28H34N2O6/c1-4-15-35-25(31)10-5-20-17-23-19(2)16-26(32)36-28(23)24(27(20)33)18-29-11-13-30(14-12-29)21-6-8-22(34-3)9-7-21/h6-9,16-17,33H,4-5,10-15,18H2,1-3H3. The van der Waals surface area contributed by atoms with Crippen molar-refractivity contribution in [3.8, 4) is 11.5 Å². The van der Waals surface area contributed by atoms with Gasteiger partial charge in [0.2, 0.25) is 0 Å². The number of methoxy groups -OCH3 is 1. The largest absolute Gasteiger partial charge is 0.507 e. The topological polar surface area (TPSA) is 92.5 Å².